The minimum atomic E-state index is -0.256. The quantitative estimate of drug-likeness (QED) is 0.891. The van der Waals surface area contributed by atoms with Gasteiger partial charge in [-0.25, -0.2) is 4.98 Å². The van der Waals surface area contributed by atoms with Gasteiger partial charge in [0.25, 0.3) is 5.91 Å². The third-order valence-corrected chi connectivity index (χ3v) is 3.92. The van der Waals surface area contributed by atoms with Gasteiger partial charge in [-0.1, -0.05) is 23.7 Å². The van der Waals surface area contributed by atoms with Crippen LogP contribution >= 0.6 is 24.0 Å². The molecule has 1 aliphatic heterocycles. The van der Waals surface area contributed by atoms with Crippen molar-refractivity contribution in [3.8, 4) is 0 Å². The van der Waals surface area contributed by atoms with E-state index in [4.69, 9.17) is 11.6 Å². The molecule has 0 unspecified atom stereocenters. The van der Waals surface area contributed by atoms with Crippen molar-refractivity contribution in [1.82, 2.24) is 10.3 Å². The van der Waals surface area contributed by atoms with Crippen LogP contribution in [-0.4, -0.2) is 37.1 Å². The Morgan fingerprint density at radius 3 is 2.57 bits per heavy atom. The number of rotatable bonds is 3. The van der Waals surface area contributed by atoms with Crippen LogP contribution in [0.3, 0.4) is 0 Å². The van der Waals surface area contributed by atoms with E-state index in [9.17, 15) is 4.79 Å². The number of benzene rings is 1. The van der Waals surface area contributed by atoms with Gasteiger partial charge in [-0.2, -0.15) is 0 Å². The molecule has 2 heterocycles. The summed E-state index contributed by atoms with van der Waals surface area (Å²) in [5.74, 6) is 0.261. The number of aromatic nitrogens is 1. The Balaban J connectivity index is 0.00000192. The molecule has 23 heavy (non-hydrogen) atoms. The van der Waals surface area contributed by atoms with Crippen molar-refractivity contribution in [1.29, 1.82) is 0 Å². The highest BCUT2D eigenvalue weighted by Crippen LogP contribution is 2.18. The van der Waals surface area contributed by atoms with Crippen molar-refractivity contribution in [3.63, 3.8) is 0 Å². The van der Waals surface area contributed by atoms with Gasteiger partial charge >= 0.3 is 0 Å². The molecule has 3 rings (SSSR count). The summed E-state index contributed by atoms with van der Waals surface area (Å²) in [6, 6.07) is 10.7. The summed E-state index contributed by atoms with van der Waals surface area (Å²) in [5, 5.41) is 6.51. The molecule has 7 heteroatoms. The molecule has 0 saturated carbocycles. The highest BCUT2D eigenvalue weighted by molar-refractivity contribution is 6.34. The minimum Gasteiger partial charge on any atom is -0.368 e. The largest absolute Gasteiger partial charge is 0.368 e. The molecule has 2 N–H and O–H groups in total. The van der Waals surface area contributed by atoms with E-state index in [1.165, 1.54) is 0 Å². The zero-order chi connectivity index (χ0) is 15.4. The van der Waals surface area contributed by atoms with E-state index in [0.29, 0.717) is 16.4 Å². The monoisotopic (exact) mass is 352 g/mol. The van der Waals surface area contributed by atoms with Crippen molar-refractivity contribution in [3.05, 3.63) is 53.2 Å². The maximum Gasteiger partial charge on any atom is 0.258 e. The Kier molecular flexibility index (Phi) is 6.21. The van der Waals surface area contributed by atoms with E-state index in [2.05, 4.69) is 20.5 Å². The number of pyridine rings is 1. The number of nitrogens with zero attached hydrogens (tertiary/aromatic N) is 2. The Bertz CT molecular complexity index is 657. The van der Waals surface area contributed by atoms with Crippen LogP contribution in [0.15, 0.2) is 42.6 Å². The lowest BCUT2D eigenvalue weighted by molar-refractivity contribution is 0.102. The molecule has 0 radical (unpaired) electrons. The second kappa shape index (κ2) is 8.15. The average Bonchev–Trinajstić information content (AvgIpc) is 2.57. The number of anilines is 2. The number of carbonyl (C=O) groups excluding carboxylic acids is 1. The first kappa shape index (κ1) is 17.5. The van der Waals surface area contributed by atoms with Crippen molar-refractivity contribution < 1.29 is 4.79 Å². The van der Waals surface area contributed by atoms with Gasteiger partial charge in [0, 0.05) is 26.2 Å². The van der Waals surface area contributed by atoms with Crippen molar-refractivity contribution in [2.24, 2.45) is 0 Å². The summed E-state index contributed by atoms with van der Waals surface area (Å²) in [6.45, 7) is 3.88. The van der Waals surface area contributed by atoms with E-state index in [0.717, 1.165) is 31.9 Å². The van der Waals surface area contributed by atoms with Gasteiger partial charge in [0.05, 0.1) is 22.5 Å². The minimum absolute atomic E-state index is 0. The molecule has 1 aliphatic rings. The molecule has 2 aromatic rings. The van der Waals surface area contributed by atoms with Crippen molar-refractivity contribution >= 4 is 41.4 Å². The molecule has 0 spiro atoms. The van der Waals surface area contributed by atoms with Crippen LogP contribution < -0.4 is 15.5 Å². The molecule has 122 valence electrons. The van der Waals surface area contributed by atoms with Gasteiger partial charge in [-0.05, 0) is 24.3 Å². The third kappa shape index (κ3) is 4.34. The predicted octanol–water partition coefficient (Wildman–Crippen LogP) is 2.82. The van der Waals surface area contributed by atoms with Crippen LogP contribution in [0.5, 0.6) is 0 Å². The smallest absolute Gasteiger partial charge is 0.258 e. The lowest BCUT2D eigenvalue weighted by Gasteiger charge is -2.29. The SMILES string of the molecule is Cl.O=C(Nc1ccc(N2CCNCC2)cn1)c1ccccc1Cl. The van der Waals surface area contributed by atoms with Gasteiger partial charge < -0.3 is 15.5 Å². The summed E-state index contributed by atoms with van der Waals surface area (Å²) in [6.07, 6.45) is 1.79. The van der Waals surface area contributed by atoms with E-state index >= 15 is 0 Å². The molecule has 0 bridgehead atoms. The number of hydrogen-bond donors (Lipinski definition) is 2. The standard InChI is InChI=1S/C16H17ClN4O.ClH/c17-14-4-2-1-3-13(14)16(22)20-15-6-5-12(11-19-15)21-9-7-18-8-10-21;/h1-6,11,18H,7-10H2,(H,19,20,22);1H. The van der Waals surface area contributed by atoms with Gasteiger partial charge in [0.15, 0.2) is 0 Å². The maximum absolute atomic E-state index is 12.2. The molecule has 1 saturated heterocycles. The zero-order valence-corrected chi connectivity index (χ0v) is 14.0. The molecule has 1 aromatic heterocycles. The number of nitrogens with one attached hydrogen (secondary N) is 2. The third-order valence-electron chi connectivity index (χ3n) is 3.59. The number of piperazine rings is 1. The van der Waals surface area contributed by atoms with Gasteiger partial charge in [0.1, 0.15) is 5.82 Å². The van der Waals surface area contributed by atoms with Crippen LogP contribution in [0.2, 0.25) is 5.02 Å². The van der Waals surface area contributed by atoms with E-state index < -0.39 is 0 Å². The molecule has 1 fully saturated rings. The normalized spacial score (nSPS) is 14.0. The highest BCUT2D eigenvalue weighted by Gasteiger charge is 2.12. The van der Waals surface area contributed by atoms with Crippen LogP contribution in [0.4, 0.5) is 11.5 Å². The summed E-state index contributed by atoms with van der Waals surface area (Å²) in [4.78, 5) is 18.7. The summed E-state index contributed by atoms with van der Waals surface area (Å²) in [7, 11) is 0. The summed E-state index contributed by atoms with van der Waals surface area (Å²) in [5.41, 5.74) is 1.51. The summed E-state index contributed by atoms with van der Waals surface area (Å²) >= 11 is 6.02. The molecule has 0 atom stereocenters. The first-order valence-corrected chi connectivity index (χ1v) is 7.59. The highest BCUT2D eigenvalue weighted by atomic mass is 35.5. The number of amides is 1. The first-order chi connectivity index (χ1) is 10.7. The molecule has 1 amide bonds. The van der Waals surface area contributed by atoms with E-state index in [1.807, 2.05) is 12.1 Å². The van der Waals surface area contributed by atoms with Crippen LogP contribution in [0, 0.1) is 0 Å². The van der Waals surface area contributed by atoms with Crippen molar-refractivity contribution in [2.75, 3.05) is 36.4 Å². The first-order valence-electron chi connectivity index (χ1n) is 7.21. The summed E-state index contributed by atoms with van der Waals surface area (Å²) < 4.78 is 0. The Morgan fingerprint density at radius 1 is 1.17 bits per heavy atom. The Morgan fingerprint density at radius 2 is 1.91 bits per heavy atom. The molecular formula is C16H18Cl2N4O. The van der Waals surface area contributed by atoms with Gasteiger partial charge in [0.2, 0.25) is 0 Å². The fourth-order valence-electron chi connectivity index (χ4n) is 2.40. The second-order valence-corrected chi connectivity index (χ2v) is 5.48. The fourth-order valence-corrected chi connectivity index (χ4v) is 2.62. The topological polar surface area (TPSA) is 57.3 Å². The van der Waals surface area contributed by atoms with Crippen molar-refractivity contribution in [2.45, 2.75) is 0 Å². The predicted molar refractivity (Wildman–Crippen MR) is 96.0 cm³/mol. The average molecular weight is 353 g/mol. The van der Waals surface area contributed by atoms with Gasteiger partial charge in [-0.3, -0.25) is 4.79 Å². The van der Waals surface area contributed by atoms with E-state index in [1.54, 1.807) is 30.5 Å². The molecule has 0 aliphatic carbocycles. The van der Waals surface area contributed by atoms with Crippen LogP contribution in [0.1, 0.15) is 10.4 Å². The van der Waals surface area contributed by atoms with Crippen LogP contribution in [0.25, 0.3) is 0 Å². The number of halogens is 2. The molecule has 5 nitrogen and oxygen atoms in total. The van der Waals surface area contributed by atoms with Gasteiger partial charge in [-0.15, -0.1) is 12.4 Å². The lowest BCUT2D eigenvalue weighted by atomic mass is 10.2. The fraction of sp³-hybridized carbons (Fsp3) is 0.250. The Labute approximate surface area is 146 Å². The van der Waals surface area contributed by atoms with E-state index in [-0.39, 0.29) is 18.3 Å². The Hall–Kier alpha value is -1.82. The zero-order valence-electron chi connectivity index (χ0n) is 12.5. The number of carbonyl (C=O) groups is 1. The lowest BCUT2D eigenvalue weighted by Crippen LogP contribution is -2.43. The molecule has 1 aromatic carbocycles. The molecular weight excluding hydrogens is 335 g/mol. The van der Waals surface area contributed by atoms with Crippen LogP contribution in [-0.2, 0) is 0 Å². The number of hydrogen-bond acceptors (Lipinski definition) is 4. The maximum atomic E-state index is 12.2. The second-order valence-electron chi connectivity index (χ2n) is 5.07.